The van der Waals surface area contributed by atoms with Gasteiger partial charge in [-0.1, -0.05) is 0 Å². The number of carbonyl (C=O) groups excluding carboxylic acids is 1. The molecule has 2 aromatic rings. The summed E-state index contributed by atoms with van der Waals surface area (Å²) in [5.41, 5.74) is 1.18. The second-order valence-electron chi connectivity index (χ2n) is 4.17. The molecule has 0 bridgehead atoms. The number of amides is 1. The SMILES string of the molecule is O=C(O)COc1ccc(NC(=O)c2ccc(I)cc2)cc1. The zero-order valence-electron chi connectivity index (χ0n) is 10.9. The van der Waals surface area contributed by atoms with Crippen LogP contribution in [0.25, 0.3) is 0 Å². The third-order valence-electron chi connectivity index (χ3n) is 2.58. The van der Waals surface area contributed by atoms with Gasteiger partial charge in [0.15, 0.2) is 6.61 Å². The number of carboxylic acid groups (broad SMARTS) is 1. The van der Waals surface area contributed by atoms with Gasteiger partial charge in [0, 0.05) is 14.8 Å². The van der Waals surface area contributed by atoms with Crippen LogP contribution in [-0.4, -0.2) is 23.6 Å². The van der Waals surface area contributed by atoms with Crippen LogP contribution in [0.4, 0.5) is 5.69 Å². The van der Waals surface area contributed by atoms with Crippen molar-refractivity contribution in [2.24, 2.45) is 0 Å². The molecule has 0 saturated heterocycles. The molecule has 0 radical (unpaired) electrons. The first kappa shape index (κ1) is 15.3. The van der Waals surface area contributed by atoms with Crippen molar-refractivity contribution in [1.82, 2.24) is 0 Å². The molecule has 0 aliphatic rings. The molecular weight excluding hydrogens is 385 g/mol. The van der Waals surface area contributed by atoms with Gasteiger partial charge in [-0.25, -0.2) is 4.79 Å². The van der Waals surface area contributed by atoms with Crippen LogP contribution in [0.1, 0.15) is 10.4 Å². The van der Waals surface area contributed by atoms with Crippen LogP contribution in [0, 0.1) is 3.57 Å². The second-order valence-corrected chi connectivity index (χ2v) is 5.41. The molecule has 2 rings (SSSR count). The molecule has 0 atom stereocenters. The lowest BCUT2D eigenvalue weighted by atomic mass is 10.2. The number of carbonyl (C=O) groups is 2. The molecule has 1 amide bonds. The number of rotatable bonds is 5. The van der Waals surface area contributed by atoms with E-state index in [0.29, 0.717) is 17.0 Å². The molecule has 0 saturated carbocycles. The molecule has 0 fully saturated rings. The van der Waals surface area contributed by atoms with Crippen molar-refractivity contribution in [1.29, 1.82) is 0 Å². The summed E-state index contributed by atoms with van der Waals surface area (Å²) in [5.74, 6) is -0.804. The van der Waals surface area contributed by atoms with Gasteiger partial charge in [-0.3, -0.25) is 4.79 Å². The van der Waals surface area contributed by atoms with Crippen molar-refractivity contribution in [2.45, 2.75) is 0 Å². The van der Waals surface area contributed by atoms with E-state index in [-0.39, 0.29) is 5.91 Å². The lowest BCUT2D eigenvalue weighted by molar-refractivity contribution is -0.139. The minimum atomic E-state index is -1.04. The number of carboxylic acids is 1. The topological polar surface area (TPSA) is 75.6 Å². The summed E-state index contributed by atoms with van der Waals surface area (Å²) >= 11 is 2.17. The molecule has 0 aromatic heterocycles. The predicted molar refractivity (Wildman–Crippen MR) is 86.7 cm³/mol. The third kappa shape index (κ3) is 4.75. The summed E-state index contributed by atoms with van der Waals surface area (Å²) in [6.07, 6.45) is 0. The molecule has 2 aromatic carbocycles. The van der Waals surface area contributed by atoms with Gasteiger partial charge in [0.2, 0.25) is 0 Å². The Kier molecular flexibility index (Phi) is 5.15. The van der Waals surface area contributed by atoms with Gasteiger partial charge >= 0.3 is 5.97 Å². The maximum Gasteiger partial charge on any atom is 0.341 e. The maximum atomic E-state index is 12.0. The zero-order chi connectivity index (χ0) is 15.2. The summed E-state index contributed by atoms with van der Waals surface area (Å²) < 4.78 is 6.07. The highest BCUT2D eigenvalue weighted by atomic mass is 127. The fraction of sp³-hybridized carbons (Fsp3) is 0.0667. The summed E-state index contributed by atoms with van der Waals surface area (Å²) in [5, 5.41) is 11.3. The van der Waals surface area contributed by atoms with Crippen molar-refractivity contribution in [2.75, 3.05) is 11.9 Å². The van der Waals surface area contributed by atoms with Crippen LogP contribution in [0.3, 0.4) is 0 Å². The highest BCUT2D eigenvalue weighted by molar-refractivity contribution is 14.1. The largest absolute Gasteiger partial charge is 0.482 e. The van der Waals surface area contributed by atoms with Gasteiger partial charge in [0.1, 0.15) is 5.75 Å². The minimum absolute atomic E-state index is 0.203. The van der Waals surface area contributed by atoms with E-state index >= 15 is 0 Å². The van der Waals surface area contributed by atoms with Crippen LogP contribution in [0.2, 0.25) is 0 Å². The number of aliphatic carboxylic acids is 1. The molecule has 2 N–H and O–H groups in total. The van der Waals surface area contributed by atoms with Gasteiger partial charge in [-0.05, 0) is 71.1 Å². The Morgan fingerprint density at radius 2 is 1.67 bits per heavy atom. The van der Waals surface area contributed by atoms with E-state index in [4.69, 9.17) is 9.84 Å². The molecule has 0 heterocycles. The number of anilines is 1. The summed E-state index contributed by atoms with van der Waals surface area (Å²) in [4.78, 5) is 22.4. The first-order valence-electron chi connectivity index (χ1n) is 6.06. The molecular formula is C15H12INO4. The van der Waals surface area contributed by atoms with Gasteiger partial charge in [0.25, 0.3) is 5.91 Å². The Balaban J connectivity index is 1.98. The fourth-order valence-corrected chi connectivity index (χ4v) is 1.94. The van der Waals surface area contributed by atoms with E-state index in [2.05, 4.69) is 27.9 Å². The average Bonchev–Trinajstić information content (AvgIpc) is 2.47. The van der Waals surface area contributed by atoms with Gasteiger partial charge in [-0.15, -0.1) is 0 Å². The normalized spacial score (nSPS) is 9.95. The summed E-state index contributed by atoms with van der Waals surface area (Å²) in [7, 11) is 0. The highest BCUT2D eigenvalue weighted by Crippen LogP contribution is 2.16. The van der Waals surface area contributed by atoms with Crippen LogP contribution in [0.5, 0.6) is 5.75 Å². The molecule has 0 spiro atoms. The van der Waals surface area contributed by atoms with E-state index in [0.717, 1.165) is 3.57 Å². The van der Waals surface area contributed by atoms with Gasteiger partial charge in [-0.2, -0.15) is 0 Å². The number of hydrogen-bond acceptors (Lipinski definition) is 3. The average molecular weight is 397 g/mol. The van der Waals surface area contributed by atoms with Crippen molar-refractivity contribution in [3.8, 4) is 5.75 Å². The molecule has 0 aliphatic heterocycles. The van der Waals surface area contributed by atoms with Crippen LogP contribution in [0.15, 0.2) is 48.5 Å². The van der Waals surface area contributed by atoms with Crippen LogP contribution >= 0.6 is 22.6 Å². The number of nitrogens with one attached hydrogen (secondary N) is 1. The van der Waals surface area contributed by atoms with E-state index in [1.54, 1.807) is 36.4 Å². The molecule has 108 valence electrons. The Morgan fingerprint density at radius 1 is 1.05 bits per heavy atom. The van der Waals surface area contributed by atoms with Crippen molar-refractivity contribution < 1.29 is 19.4 Å². The Labute approximate surface area is 135 Å². The van der Waals surface area contributed by atoms with Crippen LogP contribution in [-0.2, 0) is 4.79 Å². The molecule has 0 unspecified atom stereocenters. The van der Waals surface area contributed by atoms with E-state index in [9.17, 15) is 9.59 Å². The smallest absolute Gasteiger partial charge is 0.341 e. The van der Waals surface area contributed by atoms with Crippen LogP contribution < -0.4 is 10.1 Å². The number of ether oxygens (including phenoxy) is 1. The Bertz CT molecular complexity index is 638. The second kappa shape index (κ2) is 7.07. The van der Waals surface area contributed by atoms with Gasteiger partial charge in [0.05, 0.1) is 0 Å². The molecule has 0 aliphatic carbocycles. The monoisotopic (exact) mass is 397 g/mol. The standard InChI is InChI=1S/C15H12INO4/c16-11-3-1-10(2-4-11)15(20)17-12-5-7-13(8-6-12)21-9-14(18)19/h1-8H,9H2,(H,17,20)(H,18,19). The fourth-order valence-electron chi connectivity index (χ4n) is 1.58. The maximum absolute atomic E-state index is 12.0. The Hall–Kier alpha value is -2.09. The first-order chi connectivity index (χ1) is 10.0. The van der Waals surface area contributed by atoms with E-state index < -0.39 is 12.6 Å². The lowest BCUT2D eigenvalue weighted by Crippen LogP contribution is -2.12. The molecule has 21 heavy (non-hydrogen) atoms. The molecule has 6 heteroatoms. The highest BCUT2D eigenvalue weighted by Gasteiger charge is 2.06. The predicted octanol–water partition coefficient (Wildman–Crippen LogP) is 3.01. The van der Waals surface area contributed by atoms with E-state index in [1.165, 1.54) is 0 Å². The number of benzene rings is 2. The van der Waals surface area contributed by atoms with Gasteiger partial charge < -0.3 is 15.2 Å². The Morgan fingerprint density at radius 3 is 2.24 bits per heavy atom. The van der Waals surface area contributed by atoms with Crippen molar-refractivity contribution in [3.63, 3.8) is 0 Å². The van der Waals surface area contributed by atoms with Crippen molar-refractivity contribution in [3.05, 3.63) is 57.7 Å². The third-order valence-corrected chi connectivity index (χ3v) is 3.30. The summed E-state index contributed by atoms with van der Waals surface area (Å²) in [6, 6.07) is 13.7. The first-order valence-corrected chi connectivity index (χ1v) is 7.14. The molecule has 5 nitrogen and oxygen atoms in total. The zero-order valence-corrected chi connectivity index (χ0v) is 13.0. The van der Waals surface area contributed by atoms with Crippen molar-refractivity contribution >= 4 is 40.2 Å². The number of halogens is 1. The minimum Gasteiger partial charge on any atom is -0.482 e. The lowest BCUT2D eigenvalue weighted by Gasteiger charge is -2.07. The quantitative estimate of drug-likeness (QED) is 0.761. The van der Waals surface area contributed by atoms with E-state index in [1.807, 2.05) is 12.1 Å². The summed E-state index contributed by atoms with van der Waals surface area (Å²) in [6.45, 7) is -0.394. The number of hydrogen-bond donors (Lipinski definition) is 2.